The third kappa shape index (κ3) is 3.86. The van der Waals surface area contributed by atoms with Crippen LogP contribution in [0.4, 0.5) is 0 Å². The third-order valence-electron chi connectivity index (χ3n) is 3.13. The minimum absolute atomic E-state index is 0.121. The fraction of sp³-hybridized carbons (Fsp3) is 0.167. The molecule has 0 bridgehead atoms. The van der Waals surface area contributed by atoms with Crippen molar-refractivity contribution < 1.29 is 4.74 Å². The molecule has 0 saturated carbocycles. The average Bonchev–Trinajstić information content (AvgIpc) is 2.53. The first-order valence-corrected chi connectivity index (χ1v) is 6.60. The predicted molar refractivity (Wildman–Crippen MR) is 82.7 cm³/mol. The maximum Gasteiger partial charge on any atom is 0.118 e. The van der Waals surface area contributed by atoms with Gasteiger partial charge in [-0.3, -0.25) is 0 Å². The molecule has 2 heteroatoms. The summed E-state index contributed by atoms with van der Waals surface area (Å²) in [6.45, 7) is 4.45. The lowest BCUT2D eigenvalue weighted by Gasteiger charge is -2.15. The summed E-state index contributed by atoms with van der Waals surface area (Å²) in [6, 6.07) is 18.5. The molecule has 0 heterocycles. The van der Waals surface area contributed by atoms with Crippen molar-refractivity contribution in [2.45, 2.75) is 12.6 Å². The molecule has 2 nitrogen and oxygen atoms in total. The summed E-state index contributed by atoms with van der Waals surface area (Å²) in [5.41, 5.74) is 5.28. The van der Waals surface area contributed by atoms with E-state index in [0.29, 0.717) is 0 Å². The van der Waals surface area contributed by atoms with Crippen LogP contribution in [0.5, 0.6) is 5.75 Å². The molecule has 20 heavy (non-hydrogen) atoms. The highest BCUT2D eigenvalue weighted by Gasteiger charge is 2.06. The standard InChI is InChI=1S/C18H19NO/c1-3-7-18(16-8-5-4-6-9-16)19-14-15-10-12-17(20-2)13-11-15/h4-13,18-19H,1,14H2,2H3. The summed E-state index contributed by atoms with van der Waals surface area (Å²) in [7, 11) is 1.67. The largest absolute Gasteiger partial charge is 0.497 e. The van der Waals surface area contributed by atoms with Gasteiger partial charge in [0.2, 0.25) is 0 Å². The van der Waals surface area contributed by atoms with E-state index in [-0.39, 0.29) is 6.04 Å². The molecule has 0 radical (unpaired) electrons. The van der Waals surface area contributed by atoms with Crippen LogP contribution >= 0.6 is 0 Å². The number of nitrogens with one attached hydrogen (secondary N) is 1. The Morgan fingerprint density at radius 2 is 1.85 bits per heavy atom. The number of ether oxygens (including phenoxy) is 1. The average molecular weight is 265 g/mol. The Hall–Kier alpha value is -2.28. The zero-order valence-corrected chi connectivity index (χ0v) is 11.7. The SMILES string of the molecule is C=C=CC(NCc1ccc(OC)cc1)c1ccccc1. The Bertz CT molecular complexity index is 568. The molecule has 2 aromatic carbocycles. The molecule has 1 N–H and O–H groups in total. The molecular weight excluding hydrogens is 246 g/mol. The maximum absolute atomic E-state index is 5.16. The number of benzene rings is 2. The molecule has 2 rings (SSSR count). The summed E-state index contributed by atoms with van der Waals surface area (Å²) >= 11 is 0. The highest BCUT2D eigenvalue weighted by Crippen LogP contribution is 2.16. The highest BCUT2D eigenvalue weighted by molar-refractivity contribution is 5.28. The molecule has 102 valence electrons. The molecule has 0 aliphatic carbocycles. The monoisotopic (exact) mass is 265 g/mol. The minimum atomic E-state index is 0.121. The molecule has 1 unspecified atom stereocenters. The number of hydrogen-bond acceptors (Lipinski definition) is 2. The van der Waals surface area contributed by atoms with Crippen LogP contribution in [0.2, 0.25) is 0 Å². The van der Waals surface area contributed by atoms with Crippen molar-refractivity contribution in [1.29, 1.82) is 0 Å². The lowest BCUT2D eigenvalue weighted by molar-refractivity contribution is 0.414. The van der Waals surface area contributed by atoms with E-state index < -0.39 is 0 Å². The van der Waals surface area contributed by atoms with Gasteiger partial charge in [-0.1, -0.05) is 49.0 Å². The lowest BCUT2D eigenvalue weighted by atomic mass is 10.1. The van der Waals surface area contributed by atoms with Crippen molar-refractivity contribution >= 4 is 0 Å². The van der Waals surface area contributed by atoms with E-state index in [0.717, 1.165) is 12.3 Å². The third-order valence-corrected chi connectivity index (χ3v) is 3.13. The molecule has 0 amide bonds. The van der Waals surface area contributed by atoms with Crippen LogP contribution < -0.4 is 10.1 Å². The van der Waals surface area contributed by atoms with Crippen LogP contribution in [0.25, 0.3) is 0 Å². The Labute approximate surface area is 120 Å². The first-order chi connectivity index (χ1) is 9.83. The predicted octanol–water partition coefficient (Wildman–Crippen LogP) is 3.87. The van der Waals surface area contributed by atoms with Crippen molar-refractivity contribution in [3.63, 3.8) is 0 Å². The smallest absolute Gasteiger partial charge is 0.118 e. The van der Waals surface area contributed by atoms with Crippen LogP contribution in [0.3, 0.4) is 0 Å². The summed E-state index contributed by atoms with van der Waals surface area (Å²) in [4.78, 5) is 0. The summed E-state index contributed by atoms with van der Waals surface area (Å²) in [5.74, 6) is 0.874. The van der Waals surface area contributed by atoms with E-state index in [4.69, 9.17) is 4.74 Å². The zero-order valence-electron chi connectivity index (χ0n) is 11.7. The first-order valence-electron chi connectivity index (χ1n) is 6.60. The number of methoxy groups -OCH3 is 1. The van der Waals surface area contributed by atoms with E-state index in [1.54, 1.807) is 7.11 Å². The van der Waals surface area contributed by atoms with E-state index in [1.807, 2.05) is 36.4 Å². The second kappa shape index (κ2) is 7.34. The van der Waals surface area contributed by atoms with Crippen molar-refractivity contribution in [2.75, 3.05) is 7.11 Å². The van der Waals surface area contributed by atoms with Gasteiger partial charge in [0, 0.05) is 6.54 Å². The van der Waals surface area contributed by atoms with Gasteiger partial charge >= 0.3 is 0 Å². The van der Waals surface area contributed by atoms with E-state index in [1.165, 1.54) is 11.1 Å². The van der Waals surface area contributed by atoms with E-state index in [2.05, 4.69) is 41.9 Å². The number of rotatable bonds is 6. The molecule has 1 atom stereocenters. The van der Waals surface area contributed by atoms with Gasteiger partial charge in [-0.05, 0) is 29.3 Å². The topological polar surface area (TPSA) is 21.3 Å². The molecule has 0 saturated heterocycles. The van der Waals surface area contributed by atoms with E-state index >= 15 is 0 Å². The second-order valence-corrected chi connectivity index (χ2v) is 4.49. The van der Waals surface area contributed by atoms with Gasteiger partial charge in [0.25, 0.3) is 0 Å². The fourth-order valence-electron chi connectivity index (χ4n) is 2.02. The van der Waals surface area contributed by atoms with E-state index in [9.17, 15) is 0 Å². The Morgan fingerprint density at radius 1 is 1.15 bits per heavy atom. The van der Waals surface area contributed by atoms with Gasteiger partial charge in [0.15, 0.2) is 0 Å². The van der Waals surface area contributed by atoms with Crippen molar-refractivity contribution in [1.82, 2.24) is 5.32 Å². The maximum atomic E-state index is 5.16. The molecule has 0 fully saturated rings. The van der Waals surface area contributed by atoms with Gasteiger partial charge < -0.3 is 10.1 Å². The Morgan fingerprint density at radius 3 is 2.45 bits per heavy atom. The molecule has 2 aromatic rings. The summed E-state index contributed by atoms with van der Waals surface area (Å²) < 4.78 is 5.16. The van der Waals surface area contributed by atoms with Crippen LogP contribution in [0.1, 0.15) is 17.2 Å². The highest BCUT2D eigenvalue weighted by atomic mass is 16.5. The van der Waals surface area contributed by atoms with Crippen LogP contribution in [-0.2, 0) is 6.54 Å². The van der Waals surface area contributed by atoms with Gasteiger partial charge in [0.1, 0.15) is 5.75 Å². The first kappa shape index (κ1) is 14.1. The molecule has 0 aliphatic rings. The van der Waals surface area contributed by atoms with Gasteiger partial charge in [-0.2, -0.15) is 0 Å². The quantitative estimate of drug-likeness (QED) is 0.801. The van der Waals surface area contributed by atoms with Crippen LogP contribution in [-0.4, -0.2) is 7.11 Å². The molecule has 0 spiro atoms. The molecule has 0 aromatic heterocycles. The van der Waals surface area contributed by atoms with Crippen molar-refractivity contribution in [3.8, 4) is 5.75 Å². The Balaban J connectivity index is 2.03. The van der Waals surface area contributed by atoms with Gasteiger partial charge in [-0.25, -0.2) is 0 Å². The van der Waals surface area contributed by atoms with Crippen LogP contribution in [0, 0.1) is 0 Å². The van der Waals surface area contributed by atoms with Crippen LogP contribution in [0.15, 0.2) is 73.0 Å². The van der Waals surface area contributed by atoms with Gasteiger partial charge in [-0.15, -0.1) is 5.73 Å². The minimum Gasteiger partial charge on any atom is -0.497 e. The lowest BCUT2D eigenvalue weighted by Crippen LogP contribution is -2.18. The normalized spacial score (nSPS) is 11.4. The van der Waals surface area contributed by atoms with Crippen molar-refractivity contribution in [2.24, 2.45) is 0 Å². The number of hydrogen-bond donors (Lipinski definition) is 1. The Kier molecular flexibility index (Phi) is 5.19. The molecular formula is C18H19NO. The summed E-state index contributed by atoms with van der Waals surface area (Å²) in [6.07, 6.45) is 1.94. The van der Waals surface area contributed by atoms with Gasteiger partial charge in [0.05, 0.1) is 13.2 Å². The summed E-state index contributed by atoms with van der Waals surface area (Å²) in [5, 5.41) is 3.49. The zero-order chi connectivity index (χ0) is 14.2. The fourth-order valence-corrected chi connectivity index (χ4v) is 2.02. The molecule has 0 aliphatic heterocycles. The van der Waals surface area contributed by atoms with Crippen molar-refractivity contribution in [3.05, 3.63) is 84.1 Å². The second-order valence-electron chi connectivity index (χ2n) is 4.49.